The summed E-state index contributed by atoms with van der Waals surface area (Å²) in [5.41, 5.74) is 6.98. The van der Waals surface area contributed by atoms with Crippen LogP contribution >= 0.6 is 0 Å². The zero-order chi connectivity index (χ0) is 34.8. The molecule has 16 heteroatoms. The second-order valence-corrected chi connectivity index (χ2v) is 16.5. The summed E-state index contributed by atoms with van der Waals surface area (Å²) in [5.74, 6) is -1.45. The van der Waals surface area contributed by atoms with Crippen molar-refractivity contribution >= 4 is 29.4 Å². The van der Waals surface area contributed by atoms with Crippen LogP contribution in [-0.2, 0) is 33.8 Å². The Kier molecular flexibility index (Phi) is 11.0. The number of rotatable bonds is 10. The average molecular weight is 677 g/mol. The minimum atomic E-state index is -4.11. The Bertz CT molecular complexity index is 1430. The van der Waals surface area contributed by atoms with Crippen molar-refractivity contribution in [1.29, 1.82) is 0 Å². The SMILES string of the molecule is C[C@@H](OC(=O)[C@@]1(N=[N+]=[N-])CN(S(=O)(=O)N2CCN(C(=O)OC(C)(C)C)CC2)C[C@H]1CCCB1OC(C)(C)C(C)(C)O1)c1ccccc1. The number of azide groups is 1. The van der Waals surface area contributed by atoms with Crippen LogP contribution in [0.25, 0.3) is 10.4 Å². The van der Waals surface area contributed by atoms with E-state index >= 15 is 0 Å². The number of benzene rings is 1. The van der Waals surface area contributed by atoms with Crippen LogP contribution < -0.4 is 0 Å². The summed E-state index contributed by atoms with van der Waals surface area (Å²) in [6.07, 6.45) is 0.219. The zero-order valence-corrected chi connectivity index (χ0v) is 29.7. The Hall–Kier alpha value is -2.88. The molecule has 0 saturated carbocycles. The fourth-order valence-corrected chi connectivity index (χ4v) is 7.77. The summed E-state index contributed by atoms with van der Waals surface area (Å²) < 4.78 is 54.1. The quantitative estimate of drug-likeness (QED) is 0.111. The third-order valence-corrected chi connectivity index (χ3v) is 11.4. The normalized spacial score (nSPS) is 25.7. The average Bonchev–Trinajstić information content (AvgIpc) is 3.46. The van der Waals surface area contributed by atoms with E-state index in [2.05, 4.69) is 10.0 Å². The largest absolute Gasteiger partial charge is 0.457 e. The molecule has 3 saturated heterocycles. The fraction of sp³-hybridized carbons (Fsp3) is 0.742. The van der Waals surface area contributed by atoms with Gasteiger partial charge in [0, 0.05) is 44.2 Å². The van der Waals surface area contributed by atoms with Gasteiger partial charge in [0.2, 0.25) is 0 Å². The molecular formula is C31H49BN6O8S. The van der Waals surface area contributed by atoms with Crippen molar-refractivity contribution in [3.63, 3.8) is 0 Å². The summed E-state index contributed by atoms with van der Waals surface area (Å²) in [6, 6.07) is 9.15. The molecule has 0 unspecified atom stereocenters. The molecule has 3 fully saturated rings. The van der Waals surface area contributed by atoms with E-state index in [4.69, 9.17) is 18.8 Å². The first-order valence-corrected chi connectivity index (χ1v) is 17.6. The lowest BCUT2D eigenvalue weighted by Crippen LogP contribution is -2.55. The van der Waals surface area contributed by atoms with E-state index in [1.807, 2.05) is 58.0 Å². The lowest BCUT2D eigenvalue weighted by atomic mass is 9.78. The van der Waals surface area contributed by atoms with Gasteiger partial charge < -0.3 is 23.7 Å². The van der Waals surface area contributed by atoms with E-state index in [9.17, 15) is 23.5 Å². The zero-order valence-electron chi connectivity index (χ0n) is 28.8. The first-order chi connectivity index (χ1) is 21.8. The second-order valence-electron chi connectivity index (χ2n) is 14.6. The van der Waals surface area contributed by atoms with Crippen LogP contribution in [0.15, 0.2) is 35.4 Å². The molecule has 3 atom stereocenters. The van der Waals surface area contributed by atoms with Gasteiger partial charge in [-0.15, -0.1) is 0 Å². The van der Waals surface area contributed by atoms with Crippen LogP contribution in [0.3, 0.4) is 0 Å². The number of nitrogens with zero attached hydrogens (tertiary/aromatic N) is 6. The second kappa shape index (κ2) is 13.9. The van der Waals surface area contributed by atoms with Gasteiger partial charge in [-0.1, -0.05) is 41.9 Å². The van der Waals surface area contributed by atoms with E-state index in [-0.39, 0.29) is 39.3 Å². The molecule has 47 heavy (non-hydrogen) atoms. The number of hydrogen-bond donors (Lipinski definition) is 0. The van der Waals surface area contributed by atoms with Crippen molar-refractivity contribution in [2.75, 3.05) is 39.3 Å². The highest BCUT2D eigenvalue weighted by Crippen LogP contribution is 2.42. The number of amides is 1. The number of esters is 1. The highest BCUT2D eigenvalue weighted by atomic mass is 32.2. The Morgan fingerprint density at radius 2 is 1.66 bits per heavy atom. The highest BCUT2D eigenvalue weighted by Gasteiger charge is 2.57. The van der Waals surface area contributed by atoms with Crippen molar-refractivity contribution in [2.24, 2.45) is 11.0 Å². The third-order valence-electron chi connectivity index (χ3n) is 9.48. The highest BCUT2D eigenvalue weighted by molar-refractivity contribution is 7.86. The molecule has 3 aliphatic rings. The summed E-state index contributed by atoms with van der Waals surface area (Å²) >= 11 is 0. The fourth-order valence-electron chi connectivity index (χ4n) is 6.09. The predicted molar refractivity (Wildman–Crippen MR) is 176 cm³/mol. The van der Waals surface area contributed by atoms with Gasteiger partial charge in [0.15, 0.2) is 5.54 Å². The summed E-state index contributed by atoms with van der Waals surface area (Å²) in [4.78, 5) is 31.1. The van der Waals surface area contributed by atoms with Crippen molar-refractivity contribution in [3.8, 4) is 0 Å². The standard InChI is InChI=1S/C31H49BN6O8S/c1-23(24-13-10-9-11-14-24)43-26(39)31(34-35-33)22-38(21-25(31)15-12-16-32-45-29(5,6)30(7,8)46-32)47(41,42)37-19-17-36(18-20-37)27(40)44-28(2,3)4/h9-11,13-14,23,25H,12,15-22H2,1-8H3/t23-,25-,31-/m1/s1. The van der Waals surface area contributed by atoms with Gasteiger partial charge in [0.05, 0.1) is 11.2 Å². The van der Waals surface area contributed by atoms with E-state index in [1.54, 1.807) is 27.7 Å². The smallest absolute Gasteiger partial charge is 0.457 e. The lowest BCUT2D eigenvalue weighted by molar-refractivity contribution is -0.156. The van der Waals surface area contributed by atoms with E-state index in [0.717, 1.165) is 5.56 Å². The number of piperazine rings is 1. The molecule has 0 radical (unpaired) electrons. The molecule has 1 aromatic carbocycles. The van der Waals surface area contributed by atoms with E-state index in [0.29, 0.717) is 19.2 Å². The molecule has 260 valence electrons. The van der Waals surface area contributed by atoms with Gasteiger partial charge in [-0.25, -0.2) is 4.79 Å². The maximum Gasteiger partial charge on any atom is 0.457 e. The Labute approximate surface area is 279 Å². The first-order valence-electron chi connectivity index (χ1n) is 16.2. The molecule has 0 N–H and O–H groups in total. The number of hydrogen-bond acceptors (Lipinski definition) is 9. The molecule has 1 amide bonds. The first kappa shape index (κ1) is 37.0. The molecule has 3 heterocycles. The molecule has 0 bridgehead atoms. The molecule has 0 aliphatic carbocycles. The van der Waals surface area contributed by atoms with Gasteiger partial charge in [-0.2, -0.15) is 17.0 Å². The number of carbonyl (C=O) groups excluding carboxylic acids is 2. The number of carbonyl (C=O) groups is 2. The monoisotopic (exact) mass is 676 g/mol. The van der Waals surface area contributed by atoms with Gasteiger partial charge in [0.1, 0.15) is 11.7 Å². The molecule has 4 rings (SSSR count). The number of ether oxygens (including phenoxy) is 2. The van der Waals surface area contributed by atoms with E-state index in [1.165, 1.54) is 13.5 Å². The van der Waals surface area contributed by atoms with Gasteiger partial charge in [0.25, 0.3) is 10.2 Å². The van der Waals surface area contributed by atoms with Crippen molar-refractivity contribution in [2.45, 2.75) is 103 Å². The predicted octanol–water partition coefficient (Wildman–Crippen LogP) is 4.94. The summed E-state index contributed by atoms with van der Waals surface area (Å²) in [5, 5.41) is 4.01. The molecule has 1 aromatic rings. The maximum atomic E-state index is 14.0. The van der Waals surface area contributed by atoms with Crippen LogP contribution in [-0.4, -0.2) is 103 Å². The van der Waals surface area contributed by atoms with Crippen molar-refractivity contribution < 1.29 is 36.8 Å². The summed E-state index contributed by atoms with van der Waals surface area (Å²) in [6.45, 7) is 14.9. The molecular weight excluding hydrogens is 627 g/mol. The lowest BCUT2D eigenvalue weighted by Gasteiger charge is -2.36. The molecule has 0 spiro atoms. The third kappa shape index (κ3) is 8.23. The van der Waals surface area contributed by atoms with Crippen LogP contribution in [0.2, 0.25) is 6.32 Å². The Morgan fingerprint density at radius 3 is 2.21 bits per heavy atom. The maximum absolute atomic E-state index is 14.0. The van der Waals surface area contributed by atoms with Crippen LogP contribution in [0.4, 0.5) is 4.79 Å². The minimum absolute atomic E-state index is 0.0498. The van der Waals surface area contributed by atoms with Gasteiger partial charge in [-0.05, 0) is 85.1 Å². The van der Waals surface area contributed by atoms with Gasteiger partial charge in [-0.3, -0.25) is 4.79 Å². The van der Waals surface area contributed by atoms with Crippen molar-refractivity contribution in [1.82, 2.24) is 13.5 Å². The Balaban J connectivity index is 1.53. The molecule has 0 aromatic heterocycles. The Morgan fingerprint density at radius 1 is 1.06 bits per heavy atom. The molecule has 3 aliphatic heterocycles. The topological polar surface area (TPSA) is 164 Å². The summed E-state index contributed by atoms with van der Waals surface area (Å²) in [7, 11) is -4.58. The van der Waals surface area contributed by atoms with Crippen LogP contribution in [0.5, 0.6) is 0 Å². The van der Waals surface area contributed by atoms with Crippen LogP contribution in [0, 0.1) is 5.92 Å². The van der Waals surface area contributed by atoms with E-state index < -0.39 is 63.8 Å². The minimum Gasteiger partial charge on any atom is -0.457 e. The van der Waals surface area contributed by atoms with Crippen LogP contribution in [0.1, 0.15) is 79.9 Å². The van der Waals surface area contributed by atoms with Gasteiger partial charge >= 0.3 is 19.2 Å². The van der Waals surface area contributed by atoms with Crippen molar-refractivity contribution in [3.05, 3.63) is 46.3 Å². The molecule has 14 nitrogen and oxygen atoms in total.